The van der Waals surface area contributed by atoms with Gasteiger partial charge in [0, 0.05) is 26.2 Å². The van der Waals surface area contributed by atoms with Gasteiger partial charge in [-0.1, -0.05) is 12.2 Å². The highest BCUT2D eigenvalue weighted by atomic mass is 16.6. The number of hydrogen-bond donors (Lipinski definition) is 6. The maximum Gasteiger partial charge on any atom is 0.255 e. The predicted molar refractivity (Wildman–Crippen MR) is 125 cm³/mol. The van der Waals surface area contributed by atoms with Crippen LogP contribution >= 0.6 is 0 Å². The monoisotopic (exact) mass is 499 g/mol. The molecule has 1 aliphatic rings. The Bertz CT molecular complexity index is 1340. The number of phenolic OH excluding ortho intramolecular Hbond substituents is 2. The third kappa shape index (κ3) is 4.51. The number of aromatic hydroxyl groups is 2. The SMILES string of the molecule is CN(C)C(=O)c1cc(O)c(O)c(C(=O)NC/C=C/C2OC(n3cnc4c(N)ncnc43)C(O)C2O)c1. The summed E-state index contributed by atoms with van der Waals surface area (Å²) in [6, 6.07) is 2.24. The van der Waals surface area contributed by atoms with E-state index in [4.69, 9.17) is 10.5 Å². The number of nitrogen functional groups attached to an aromatic ring is 1. The van der Waals surface area contributed by atoms with Crippen LogP contribution < -0.4 is 11.1 Å². The van der Waals surface area contributed by atoms with Crippen molar-refractivity contribution in [3.63, 3.8) is 0 Å². The maximum atomic E-state index is 12.5. The van der Waals surface area contributed by atoms with Crippen molar-refractivity contribution < 1.29 is 34.8 Å². The Balaban J connectivity index is 1.42. The fraction of sp³-hybridized carbons (Fsp3) is 0.318. The number of amides is 2. The van der Waals surface area contributed by atoms with Gasteiger partial charge in [0.1, 0.15) is 30.2 Å². The van der Waals surface area contributed by atoms with Crippen molar-refractivity contribution >= 4 is 28.8 Å². The van der Waals surface area contributed by atoms with Crippen LogP contribution in [0.5, 0.6) is 11.5 Å². The second kappa shape index (κ2) is 9.77. The molecule has 2 amide bonds. The van der Waals surface area contributed by atoms with Crippen LogP contribution in [0.2, 0.25) is 0 Å². The molecule has 3 aromatic rings. The van der Waals surface area contributed by atoms with Gasteiger partial charge in [-0.25, -0.2) is 15.0 Å². The second-order valence-corrected chi connectivity index (χ2v) is 8.28. The van der Waals surface area contributed by atoms with Crippen molar-refractivity contribution in [1.82, 2.24) is 29.7 Å². The van der Waals surface area contributed by atoms with Crippen LogP contribution in [0.3, 0.4) is 0 Å². The Labute approximate surface area is 204 Å². The number of carbonyl (C=O) groups is 2. The molecule has 3 heterocycles. The number of phenols is 2. The molecule has 190 valence electrons. The molecule has 36 heavy (non-hydrogen) atoms. The van der Waals surface area contributed by atoms with E-state index < -0.39 is 47.9 Å². The molecule has 14 heteroatoms. The number of nitrogens with one attached hydrogen (secondary N) is 1. The Morgan fingerprint density at radius 3 is 2.67 bits per heavy atom. The summed E-state index contributed by atoms with van der Waals surface area (Å²) in [5, 5.41) is 43.4. The molecule has 0 radical (unpaired) electrons. The number of fused-ring (bicyclic) bond motifs is 1. The molecule has 2 aromatic heterocycles. The summed E-state index contributed by atoms with van der Waals surface area (Å²) < 4.78 is 7.22. The van der Waals surface area contributed by atoms with Gasteiger partial charge in [-0.3, -0.25) is 14.2 Å². The quantitative estimate of drug-likeness (QED) is 0.181. The third-order valence-electron chi connectivity index (χ3n) is 5.63. The molecule has 4 rings (SSSR count). The predicted octanol–water partition coefficient (Wildman–Crippen LogP) is -0.873. The summed E-state index contributed by atoms with van der Waals surface area (Å²) in [7, 11) is 3.02. The first-order valence-electron chi connectivity index (χ1n) is 10.8. The van der Waals surface area contributed by atoms with Crippen molar-refractivity contribution in [2.75, 3.05) is 26.4 Å². The van der Waals surface area contributed by atoms with Gasteiger partial charge in [0.15, 0.2) is 29.2 Å². The molecule has 1 saturated heterocycles. The highest BCUT2D eigenvalue weighted by Crippen LogP contribution is 2.33. The minimum Gasteiger partial charge on any atom is -0.504 e. The highest BCUT2D eigenvalue weighted by molar-refractivity contribution is 6.02. The van der Waals surface area contributed by atoms with Gasteiger partial charge in [0.2, 0.25) is 0 Å². The Morgan fingerprint density at radius 2 is 1.94 bits per heavy atom. The first kappa shape index (κ1) is 24.8. The molecule has 4 atom stereocenters. The molecule has 1 fully saturated rings. The van der Waals surface area contributed by atoms with E-state index in [1.807, 2.05) is 0 Å². The van der Waals surface area contributed by atoms with Gasteiger partial charge in [-0.15, -0.1) is 0 Å². The Morgan fingerprint density at radius 1 is 1.19 bits per heavy atom. The molecule has 0 bridgehead atoms. The van der Waals surface area contributed by atoms with Crippen molar-refractivity contribution in [1.29, 1.82) is 0 Å². The first-order valence-corrected chi connectivity index (χ1v) is 10.8. The Kier molecular flexibility index (Phi) is 6.74. The average Bonchev–Trinajstić information content (AvgIpc) is 3.39. The van der Waals surface area contributed by atoms with E-state index in [1.165, 1.54) is 54.4 Å². The zero-order valence-electron chi connectivity index (χ0n) is 19.3. The summed E-state index contributed by atoms with van der Waals surface area (Å²) in [6.45, 7) is -0.0456. The van der Waals surface area contributed by atoms with Gasteiger partial charge in [-0.05, 0) is 12.1 Å². The number of aromatic nitrogens is 4. The lowest BCUT2D eigenvalue weighted by Crippen LogP contribution is -2.31. The van der Waals surface area contributed by atoms with Crippen molar-refractivity contribution in [2.24, 2.45) is 0 Å². The molecule has 0 aliphatic carbocycles. The van der Waals surface area contributed by atoms with E-state index in [0.29, 0.717) is 11.2 Å². The van der Waals surface area contributed by atoms with Crippen molar-refractivity contribution in [3.05, 3.63) is 48.1 Å². The lowest BCUT2D eigenvalue weighted by atomic mass is 10.1. The number of rotatable bonds is 6. The number of hydrogen-bond acceptors (Lipinski definition) is 11. The zero-order valence-corrected chi connectivity index (χ0v) is 19.3. The fourth-order valence-electron chi connectivity index (χ4n) is 3.75. The summed E-state index contributed by atoms with van der Waals surface area (Å²) in [5.74, 6) is -2.31. The standard InChI is InChI=1S/C22H25N7O7/c1-28(2)21(35)10-6-11(15(31)12(30)7-10)20(34)24-5-3-4-13-16(32)17(33)22(36-13)29-9-27-14-18(23)25-8-26-19(14)29/h3-4,6-9,13,16-17,22,30-33H,5H2,1-2H3,(H,24,34)(H2,23,25,26)/b4-3+. The molecule has 4 unspecified atom stereocenters. The molecule has 14 nitrogen and oxygen atoms in total. The summed E-state index contributed by atoms with van der Waals surface area (Å²) >= 11 is 0. The Hall–Kier alpha value is -4.27. The highest BCUT2D eigenvalue weighted by Gasteiger charge is 2.43. The smallest absolute Gasteiger partial charge is 0.255 e. The zero-order chi connectivity index (χ0) is 26.1. The normalized spacial score (nSPS) is 21.8. The van der Waals surface area contributed by atoms with Crippen LogP contribution in [0.1, 0.15) is 26.9 Å². The maximum absolute atomic E-state index is 12.5. The van der Waals surface area contributed by atoms with Gasteiger partial charge in [0.05, 0.1) is 11.9 Å². The topological polar surface area (TPSA) is 209 Å². The number of aliphatic hydroxyl groups is 2. The van der Waals surface area contributed by atoms with Gasteiger partial charge in [-0.2, -0.15) is 0 Å². The van der Waals surface area contributed by atoms with Crippen molar-refractivity contribution in [3.8, 4) is 11.5 Å². The van der Waals surface area contributed by atoms with Crippen LogP contribution in [0.15, 0.2) is 36.9 Å². The molecule has 0 saturated carbocycles. The van der Waals surface area contributed by atoms with Crippen LogP contribution in [0, 0.1) is 0 Å². The summed E-state index contributed by atoms with van der Waals surface area (Å²) in [5.41, 5.74) is 6.18. The number of nitrogens with zero attached hydrogens (tertiary/aromatic N) is 5. The van der Waals surface area contributed by atoms with E-state index >= 15 is 0 Å². The van der Waals surface area contributed by atoms with E-state index in [0.717, 1.165) is 6.07 Å². The molecule has 1 aromatic carbocycles. The minimum absolute atomic E-state index is 0.0255. The molecule has 0 spiro atoms. The summed E-state index contributed by atoms with van der Waals surface area (Å²) in [6.07, 6.45) is 1.06. The summed E-state index contributed by atoms with van der Waals surface area (Å²) in [4.78, 5) is 38.0. The lowest BCUT2D eigenvalue weighted by Gasteiger charge is -2.16. The minimum atomic E-state index is -1.31. The van der Waals surface area contributed by atoms with Crippen LogP contribution in [0.4, 0.5) is 5.82 Å². The van der Waals surface area contributed by atoms with Gasteiger partial charge in [0.25, 0.3) is 11.8 Å². The number of aliphatic hydroxyl groups excluding tert-OH is 2. The number of anilines is 1. The first-order chi connectivity index (χ1) is 17.1. The third-order valence-corrected chi connectivity index (χ3v) is 5.63. The average molecular weight is 499 g/mol. The van der Waals surface area contributed by atoms with E-state index in [1.54, 1.807) is 0 Å². The van der Waals surface area contributed by atoms with Gasteiger partial charge < -0.3 is 41.1 Å². The number of carbonyl (C=O) groups excluding carboxylic acids is 2. The number of imidazole rings is 1. The van der Waals surface area contributed by atoms with Crippen LogP contribution in [0.25, 0.3) is 11.2 Å². The number of nitrogens with two attached hydrogens (primary N) is 1. The largest absolute Gasteiger partial charge is 0.504 e. The van der Waals surface area contributed by atoms with Crippen molar-refractivity contribution in [2.45, 2.75) is 24.5 Å². The lowest BCUT2D eigenvalue weighted by molar-refractivity contribution is -0.0245. The van der Waals surface area contributed by atoms with Gasteiger partial charge >= 0.3 is 0 Å². The van der Waals surface area contributed by atoms with E-state index in [2.05, 4.69) is 20.3 Å². The van der Waals surface area contributed by atoms with E-state index in [-0.39, 0.29) is 23.5 Å². The molecule has 1 aliphatic heterocycles. The molecular weight excluding hydrogens is 474 g/mol. The second-order valence-electron chi connectivity index (χ2n) is 8.28. The van der Waals surface area contributed by atoms with Crippen LogP contribution in [-0.4, -0.2) is 95.6 Å². The van der Waals surface area contributed by atoms with Crippen LogP contribution in [-0.2, 0) is 4.74 Å². The molecule has 7 N–H and O–H groups in total. The fourth-order valence-corrected chi connectivity index (χ4v) is 3.75. The van der Waals surface area contributed by atoms with E-state index in [9.17, 15) is 30.0 Å². The number of benzene rings is 1. The number of ether oxygens (including phenoxy) is 1. The molecular formula is C22H25N7O7.